The van der Waals surface area contributed by atoms with Crippen LogP contribution in [-0.4, -0.2) is 28.8 Å². The minimum absolute atomic E-state index is 0.193. The number of halogens is 1. The van der Waals surface area contributed by atoms with Gasteiger partial charge in [-0.3, -0.25) is 9.36 Å². The third-order valence-electron chi connectivity index (χ3n) is 9.10. The lowest BCUT2D eigenvalue weighted by Crippen LogP contribution is -2.40. The summed E-state index contributed by atoms with van der Waals surface area (Å²) in [6.07, 6.45) is 3.27. The van der Waals surface area contributed by atoms with Crippen molar-refractivity contribution in [3.8, 4) is 34.0 Å². The van der Waals surface area contributed by atoms with Gasteiger partial charge < -0.3 is 14.0 Å². The largest absolute Gasteiger partial charge is 0.496 e. The van der Waals surface area contributed by atoms with Crippen LogP contribution in [0.3, 0.4) is 0 Å². The first-order valence-electron chi connectivity index (χ1n) is 17.3. The molecule has 0 radical (unpaired) electrons. The lowest BCUT2D eigenvalue weighted by atomic mass is 9.93. The van der Waals surface area contributed by atoms with Crippen LogP contribution in [0.15, 0.2) is 135 Å². The molecule has 52 heavy (non-hydrogen) atoms. The molecule has 1 atom stereocenters. The minimum Gasteiger partial charge on any atom is -0.496 e. The fourth-order valence-electron chi connectivity index (χ4n) is 6.79. The number of ether oxygens (including phenoxy) is 2. The predicted octanol–water partition coefficient (Wildman–Crippen LogP) is 8.78. The number of rotatable bonds is 10. The van der Waals surface area contributed by atoms with E-state index < -0.39 is 12.0 Å². The third-order valence-corrected chi connectivity index (χ3v) is 10.6. The minimum atomic E-state index is -0.808. The van der Waals surface area contributed by atoms with Crippen LogP contribution in [0.25, 0.3) is 34.3 Å². The van der Waals surface area contributed by atoms with E-state index in [2.05, 4.69) is 82.0 Å². The van der Waals surface area contributed by atoms with E-state index in [1.165, 1.54) is 16.9 Å². The van der Waals surface area contributed by atoms with E-state index in [0.29, 0.717) is 38.3 Å². The molecule has 1 aliphatic heterocycles. The molecule has 7 nitrogen and oxygen atoms in total. The number of aryl methyl sites for hydroxylation is 1. The smallest absolute Gasteiger partial charge is 0.338 e. The van der Waals surface area contributed by atoms with Gasteiger partial charge in [-0.25, -0.2) is 9.79 Å². The lowest BCUT2D eigenvalue weighted by molar-refractivity contribution is -0.139. The van der Waals surface area contributed by atoms with E-state index in [-0.39, 0.29) is 12.2 Å². The first-order chi connectivity index (χ1) is 25.3. The van der Waals surface area contributed by atoms with Crippen molar-refractivity contribution >= 4 is 39.3 Å². The van der Waals surface area contributed by atoms with E-state index >= 15 is 0 Å². The second kappa shape index (κ2) is 15.2. The molecule has 4 aromatic carbocycles. The van der Waals surface area contributed by atoms with Gasteiger partial charge in [-0.1, -0.05) is 119 Å². The molecule has 9 heteroatoms. The van der Waals surface area contributed by atoms with Crippen molar-refractivity contribution in [2.45, 2.75) is 39.7 Å². The normalized spacial score (nSPS) is 14.2. The second-order valence-corrected chi connectivity index (χ2v) is 14.5. The van der Waals surface area contributed by atoms with Crippen LogP contribution in [0.5, 0.6) is 5.75 Å². The number of hydrogen-bond donors (Lipinski definition) is 0. The van der Waals surface area contributed by atoms with E-state index in [1.54, 1.807) is 18.6 Å². The second-order valence-electron chi connectivity index (χ2n) is 12.5. The average molecular weight is 773 g/mol. The Balaban J connectivity index is 1.54. The van der Waals surface area contributed by atoms with Crippen molar-refractivity contribution in [2.75, 3.05) is 13.7 Å². The number of methoxy groups -OCH3 is 1. The van der Waals surface area contributed by atoms with E-state index in [0.717, 1.165) is 44.7 Å². The van der Waals surface area contributed by atoms with Gasteiger partial charge in [0.25, 0.3) is 5.56 Å². The lowest BCUT2D eigenvalue weighted by Gasteiger charge is -2.27. The van der Waals surface area contributed by atoms with E-state index in [4.69, 9.17) is 14.5 Å². The maximum atomic E-state index is 14.8. The van der Waals surface area contributed by atoms with Gasteiger partial charge in [-0.05, 0) is 73.9 Å². The number of nitrogens with zero attached hydrogens (tertiary/aromatic N) is 3. The highest BCUT2D eigenvalue weighted by Crippen LogP contribution is 2.39. The quantitative estimate of drug-likeness (QED) is 0.131. The molecular formula is C43H38BrN3O4S. The summed E-state index contributed by atoms with van der Waals surface area (Å²) in [7, 11) is 1.59. The molecule has 2 aromatic heterocycles. The monoisotopic (exact) mass is 771 g/mol. The zero-order valence-corrected chi connectivity index (χ0v) is 31.8. The van der Waals surface area contributed by atoms with E-state index in [9.17, 15) is 9.59 Å². The number of aromatic nitrogens is 2. The first kappa shape index (κ1) is 35.2. The van der Waals surface area contributed by atoms with Gasteiger partial charge in [-0.15, -0.1) is 0 Å². The number of esters is 1. The van der Waals surface area contributed by atoms with Gasteiger partial charge in [0.05, 0.1) is 40.9 Å². The molecule has 3 heterocycles. The fourth-order valence-corrected chi connectivity index (χ4v) is 8.18. The van der Waals surface area contributed by atoms with Gasteiger partial charge in [0.1, 0.15) is 11.8 Å². The van der Waals surface area contributed by atoms with Crippen LogP contribution in [0.2, 0.25) is 0 Å². The van der Waals surface area contributed by atoms with Gasteiger partial charge in [0.15, 0.2) is 4.80 Å². The Kier molecular flexibility index (Phi) is 10.2. The van der Waals surface area contributed by atoms with Gasteiger partial charge in [0, 0.05) is 21.3 Å². The standard InChI is InChI=1S/C43H38BrN3O4S/c1-5-13-34-38(42(49)51-6-2)40(33-26-31(44)20-23-36(33)50-4)47-41(48)37(52-43(47)45-34)25-30-24-35(28-14-9-7-10-15-28)46(32-21-18-27(3)19-22-32)39(30)29-16-11-8-12-17-29/h7-12,14-26,40H,5-6,13H2,1-4H3/b37-25+/t40-/m1/s1. The number of carbonyl (C=O) groups is 1. The Bertz CT molecular complexity index is 2480. The molecule has 0 N–H and O–H groups in total. The Morgan fingerprint density at radius 1 is 0.923 bits per heavy atom. The molecule has 0 unspecified atom stereocenters. The third kappa shape index (κ3) is 6.62. The van der Waals surface area contributed by atoms with Crippen molar-refractivity contribution in [3.05, 3.63) is 161 Å². The first-order valence-corrected chi connectivity index (χ1v) is 18.9. The number of benzene rings is 4. The Hall–Kier alpha value is -5.25. The van der Waals surface area contributed by atoms with Crippen molar-refractivity contribution in [1.29, 1.82) is 0 Å². The zero-order chi connectivity index (χ0) is 36.4. The topological polar surface area (TPSA) is 74.8 Å². The molecule has 0 spiro atoms. The number of fused-ring (bicyclic) bond motifs is 1. The van der Waals surface area contributed by atoms with Gasteiger partial charge in [-0.2, -0.15) is 0 Å². The predicted molar refractivity (Wildman–Crippen MR) is 212 cm³/mol. The highest BCUT2D eigenvalue weighted by molar-refractivity contribution is 9.10. The van der Waals surface area contributed by atoms with Crippen LogP contribution in [-0.2, 0) is 9.53 Å². The molecule has 6 aromatic rings. The summed E-state index contributed by atoms with van der Waals surface area (Å²) in [4.78, 5) is 34.1. The number of carbonyl (C=O) groups excluding carboxylic acids is 1. The Labute approximate surface area is 315 Å². The molecule has 0 bridgehead atoms. The van der Waals surface area contributed by atoms with Crippen molar-refractivity contribution in [2.24, 2.45) is 4.99 Å². The molecule has 0 saturated heterocycles. The molecule has 0 saturated carbocycles. The van der Waals surface area contributed by atoms with Crippen LogP contribution in [0.1, 0.15) is 49.4 Å². The molecule has 262 valence electrons. The summed E-state index contributed by atoms with van der Waals surface area (Å²) in [5, 5.41) is 0. The molecular weight excluding hydrogens is 734 g/mol. The SMILES string of the molecule is CCCC1=C(C(=O)OCC)[C@@H](c2cc(Br)ccc2OC)n2c(s/c(=C/c3cc(-c4ccccc4)n(-c4ccc(C)cc4)c3-c3ccccc3)c2=O)=N1. The maximum Gasteiger partial charge on any atom is 0.338 e. The summed E-state index contributed by atoms with van der Waals surface area (Å²) in [5.74, 6) is 0.0569. The van der Waals surface area contributed by atoms with Crippen LogP contribution >= 0.6 is 27.3 Å². The summed E-state index contributed by atoms with van der Waals surface area (Å²) < 4.78 is 16.6. The van der Waals surface area contributed by atoms with Crippen LogP contribution in [0.4, 0.5) is 0 Å². The molecule has 0 amide bonds. The molecule has 0 fully saturated rings. The van der Waals surface area contributed by atoms with Crippen molar-refractivity contribution in [1.82, 2.24) is 9.13 Å². The van der Waals surface area contributed by atoms with Crippen LogP contribution < -0.4 is 19.6 Å². The molecule has 7 rings (SSSR count). The summed E-state index contributed by atoms with van der Waals surface area (Å²) in [6, 6.07) is 36.0. The highest BCUT2D eigenvalue weighted by Gasteiger charge is 2.36. The average Bonchev–Trinajstić information content (AvgIpc) is 3.69. The number of hydrogen-bond acceptors (Lipinski definition) is 6. The molecule has 0 aliphatic carbocycles. The highest BCUT2D eigenvalue weighted by atomic mass is 79.9. The van der Waals surface area contributed by atoms with Crippen molar-refractivity contribution in [3.63, 3.8) is 0 Å². The fraction of sp³-hybridized carbons (Fsp3) is 0.186. The number of thiazole rings is 1. The zero-order valence-electron chi connectivity index (χ0n) is 29.4. The number of allylic oxidation sites excluding steroid dienone is 1. The molecule has 1 aliphatic rings. The summed E-state index contributed by atoms with van der Waals surface area (Å²) in [5.41, 5.74) is 8.44. The summed E-state index contributed by atoms with van der Waals surface area (Å²) in [6.45, 7) is 6.09. The maximum absolute atomic E-state index is 14.8. The Morgan fingerprint density at radius 3 is 2.27 bits per heavy atom. The van der Waals surface area contributed by atoms with Crippen molar-refractivity contribution < 1.29 is 14.3 Å². The van der Waals surface area contributed by atoms with Gasteiger partial charge >= 0.3 is 5.97 Å². The van der Waals surface area contributed by atoms with E-state index in [1.807, 2.05) is 67.6 Å². The Morgan fingerprint density at radius 2 is 1.62 bits per heavy atom. The van der Waals surface area contributed by atoms with Crippen LogP contribution in [0, 0.1) is 6.92 Å². The van der Waals surface area contributed by atoms with Gasteiger partial charge in [0.2, 0.25) is 0 Å². The summed E-state index contributed by atoms with van der Waals surface area (Å²) >= 11 is 4.93.